The third kappa shape index (κ3) is 1.79. The summed E-state index contributed by atoms with van der Waals surface area (Å²) in [6.45, 7) is 1.95. The topological polar surface area (TPSA) is 54.4 Å². The van der Waals surface area contributed by atoms with Gasteiger partial charge in [0.15, 0.2) is 5.78 Å². The van der Waals surface area contributed by atoms with E-state index >= 15 is 0 Å². The summed E-state index contributed by atoms with van der Waals surface area (Å²) < 4.78 is 0. The lowest BCUT2D eigenvalue weighted by Gasteiger charge is -2.31. The minimum atomic E-state index is -0.803. The fourth-order valence-corrected chi connectivity index (χ4v) is 4.03. The Kier molecular flexibility index (Phi) is 2.73. The van der Waals surface area contributed by atoms with Gasteiger partial charge >= 0.3 is 5.97 Å². The van der Waals surface area contributed by atoms with Gasteiger partial charge in [0.25, 0.3) is 0 Å². The summed E-state index contributed by atoms with van der Waals surface area (Å²) in [5.74, 6) is -0.819. The van der Waals surface area contributed by atoms with Crippen LogP contribution in [0.4, 0.5) is 0 Å². The third-order valence-electron chi connectivity index (χ3n) is 4.92. The van der Waals surface area contributed by atoms with Crippen LogP contribution in [0.2, 0.25) is 0 Å². The Morgan fingerprint density at radius 3 is 2.79 bits per heavy atom. The number of aliphatic carboxylic acids is 1. The van der Waals surface area contributed by atoms with Crippen molar-refractivity contribution < 1.29 is 14.7 Å². The molecule has 1 N–H and O–H groups in total. The molecule has 3 heteroatoms. The van der Waals surface area contributed by atoms with Gasteiger partial charge in [-0.3, -0.25) is 9.59 Å². The Balaban J connectivity index is 2.00. The molecule has 3 nitrogen and oxygen atoms in total. The fourth-order valence-electron chi connectivity index (χ4n) is 4.03. The number of hydrogen-bond acceptors (Lipinski definition) is 2. The summed E-state index contributed by atoms with van der Waals surface area (Å²) in [7, 11) is 0. The molecule has 100 valence electrons. The SMILES string of the molecule is Cc1cccc(C(=O)C23CCC(CC2C(=O)O)C3)c1. The van der Waals surface area contributed by atoms with Gasteiger partial charge in [0, 0.05) is 11.0 Å². The minimum absolute atomic E-state index is 0.0450. The number of carboxylic acids is 1. The van der Waals surface area contributed by atoms with Crippen LogP contribution < -0.4 is 0 Å². The normalized spacial score (nSPS) is 32.5. The predicted molar refractivity (Wildman–Crippen MR) is 71.0 cm³/mol. The van der Waals surface area contributed by atoms with E-state index in [1.54, 1.807) is 0 Å². The van der Waals surface area contributed by atoms with Crippen LogP contribution in [0, 0.1) is 24.2 Å². The lowest BCUT2D eigenvalue weighted by Crippen LogP contribution is -2.38. The molecule has 3 rings (SSSR count). The fraction of sp³-hybridized carbons (Fsp3) is 0.500. The molecular formula is C16H18O3. The van der Waals surface area contributed by atoms with E-state index in [1.165, 1.54) is 0 Å². The number of hydrogen-bond donors (Lipinski definition) is 1. The number of ketones is 1. The lowest BCUT2D eigenvalue weighted by atomic mass is 9.70. The number of carboxylic acid groups (broad SMARTS) is 1. The van der Waals surface area contributed by atoms with E-state index < -0.39 is 17.3 Å². The molecule has 3 atom stereocenters. The Morgan fingerprint density at radius 2 is 2.16 bits per heavy atom. The van der Waals surface area contributed by atoms with Gasteiger partial charge in [0.05, 0.1) is 5.92 Å². The summed E-state index contributed by atoms with van der Waals surface area (Å²) in [5.41, 5.74) is 1.08. The molecule has 2 fully saturated rings. The molecule has 0 aliphatic heterocycles. The largest absolute Gasteiger partial charge is 0.481 e. The number of carbonyl (C=O) groups is 2. The Hall–Kier alpha value is -1.64. The second-order valence-corrected chi connectivity index (χ2v) is 6.09. The van der Waals surface area contributed by atoms with Gasteiger partial charge in [-0.05, 0) is 44.6 Å². The van der Waals surface area contributed by atoms with Crippen LogP contribution in [-0.2, 0) is 4.79 Å². The van der Waals surface area contributed by atoms with Crippen molar-refractivity contribution in [2.75, 3.05) is 0 Å². The number of Topliss-reactive ketones (excluding diaryl/α,β-unsaturated/α-hetero) is 1. The third-order valence-corrected chi connectivity index (χ3v) is 4.92. The molecule has 2 saturated carbocycles. The molecule has 3 unspecified atom stereocenters. The first-order valence-corrected chi connectivity index (χ1v) is 6.87. The Morgan fingerprint density at radius 1 is 1.37 bits per heavy atom. The summed E-state index contributed by atoms with van der Waals surface area (Å²) >= 11 is 0. The van der Waals surface area contributed by atoms with Gasteiger partial charge < -0.3 is 5.11 Å². The van der Waals surface area contributed by atoms with E-state index in [4.69, 9.17) is 0 Å². The first-order valence-electron chi connectivity index (χ1n) is 6.87. The van der Waals surface area contributed by atoms with Crippen molar-refractivity contribution in [2.45, 2.75) is 32.6 Å². The van der Waals surface area contributed by atoms with Crippen molar-refractivity contribution in [3.63, 3.8) is 0 Å². The molecule has 1 aromatic rings. The highest BCUT2D eigenvalue weighted by atomic mass is 16.4. The lowest BCUT2D eigenvalue weighted by molar-refractivity contribution is -0.145. The van der Waals surface area contributed by atoms with Crippen LogP contribution in [0.3, 0.4) is 0 Å². The van der Waals surface area contributed by atoms with Crippen molar-refractivity contribution in [3.05, 3.63) is 35.4 Å². The van der Waals surface area contributed by atoms with Gasteiger partial charge in [-0.25, -0.2) is 0 Å². The second kappa shape index (κ2) is 4.19. The van der Waals surface area contributed by atoms with Gasteiger partial charge in [0.2, 0.25) is 0 Å². The predicted octanol–water partition coefficient (Wildman–Crippen LogP) is 3.07. The zero-order chi connectivity index (χ0) is 13.6. The zero-order valence-electron chi connectivity index (χ0n) is 11.1. The van der Waals surface area contributed by atoms with E-state index in [-0.39, 0.29) is 5.78 Å². The number of carbonyl (C=O) groups excluding carboxylic acids is 1. The number of fused-ring (bicyclic) bond motifs is 2. The van der Waals surface area contributed by atoms with Crippen LogP contribution >= 0.6 is 0 Å². The number of aryl methyl sites for hydroxylation is 1. The second-order valence-electron chi connectivity index (χ2n) is 6.09. The average Bonchev–Trinajstić information content (AvgIpc) is 2.96. The molecule has 19 heavy (non-hydrogen) atoms. The Labute approximate surface area is 112 Å². The van der Waals surface area contributed by atoms with Crippen molar-refractivity contribution in [1.29, 1.82) is 0 Å². The highest BCUT2D eigenvalue weighted by molar-refractivity contribution is 6.03. The Bertz CT molecular complexity index is 549. The summed E-state index contributed by atoms with van der Waals surface area (Å²) in [6, 6.07) is 7.52. The first-order chi connectivity index (χ1) is 9.03. The maximum absolute atomic E-state index is 12.8. The summed E-state index contributed by atoms with van der Waals surface area (Å²) in [4.78, 5) is 24.3. The van der Waals surface area contributed by atoms with Crippen molar-refractivity contribution in [3.8, 4) is 0 Å². The maximum Gasteiger partial charge on any atom is 0.307 e. The number of benzene rings is 1. The summed E-state index contributed by atoms with van der Waals surface area (Å²) in [6.07, 6.45) is 3.17. The highest BCUT2D eigenvalue weighted by Gasteiger charge is 2.59. The molecular weight excluding hydrogens is 240 g/mol. The molecule has 2 bridgehead atoms. The van der Waals surface area contributed by atoms with E-state index in [0.29, 0.717) is 17.9 Å². The molecule has 0 aromatic heterocycles. The smallest absolute Gasteiger partial charge is 0.307 e. The van der Waals surface area contributed by atoms with Gasteiger partial charge in [-0.1, -0.05) is 23.8 Å². The zero-order valence-corrected chi connectivity index (χ0v) is 11.1. The monoisotopic (exact) mass is 258 g/mol. The highest BCUT2D eigenvalue weighted by Crippen LogP contribution is 2.59. The van der Waals surface area contributed by atoms with E-state index in [2.05, 4.69) is 0 Å². The van der Waals surface area contributed by atoms with E-state index in [1.807, 2.05) is 31.2 Å². The molecule has 2 aliphatic rings. The minimum Gasteiger partial charge on any atom is -0.481 e. The van der Waals surface area contributed by atoms with E-state index in [0.717, 1.165) is 24.8 Å². The van der Waals surface area contributed by atoms with Gasteiger partial charge in [-0.15, -0.1) is 0 Å². The van der Waals surface area contributed by atoms with Gasteiger partial charge in [-0.2, -0.15) is 0 Å². The summed E-state index contributed by atoms with van der Waals surface area (Å²) in [5, 5.41) is 9.40. The standard InChI is InChI=1S/C16H18O3/c1-10-3-2-4-12(7-10)14(17)16-6-5-11(9-16)8-13(16)15(18)19/h2-4,7,11,13H,5-6,8-9H2,1H3,(H,18,19). The number of rotatable bonds is 3. The van der Waals surface area contributed by atoms with Gasteiger partial charge in [0.1, 0.15) is 0 Å². The first kappa shape index (κ1) is 12.4. The van der Waals surface area contributed by atoms with Crippen molar-refractivity contribution in [2.24, 2.45) is 17.3 Å². The van der Waals surface area contributed by atoms with Crippen LogP contribution in [0.25, 0.3) is 0 Å². The van der Waals surface area contributed by atoms with Crippen LogP contribution in [0.1, 0.15) is 41.6 Å². The van der Waals surface area contributed by atoms with Crippen LogP contribution in [-0.4, -0.2) is 16.9 Å². The molecule has 0 heterocycles. The van der Waals surface area contributed by atoms with Crippen molar-refractivity contribution >= 4 is 11.8 Å². The maximum atomic E-state index is 12.8. The molecule has 0 amide bonds. The molecule has 0 spiro atoms. The quantitative estimate of drug-likeness (QED) is 0.848. The van der Waals surface area contributed by atoms with E-state index in [9.17, 15) is 14.7 Å². The van der Waals surface area contributed by atoms with Crippen LogP contribution in [0.15, 0.2) is 24.3 Å². The molecule has 2 aliphatic carbocycles. The average molecular weight is 258 g/mol. The van der Waals surface area contributed by atoms with Crippen molar-refractivity contribution in [1.82, 2.24) is 0 Å². The van der Waals surface area contributed by atoms with Crippen LogP contribution in [0.5, 0.6) is 0 Å². The molecule has 0 radical (unpaired) electrons. The molecule has 1 aromatic carbocycles. The molecule has 0 saturated heterocycles.